The average molecular weight is 249 g/mol. The molecule has 1 aliphatic heterocycles. The zero-order valence-corrected chi connectivity index (χ0v) is 11.1. The van der Waals surface area contributed by atoms with Gasteiger partial charge in [-0.05, 0) is 31.0 Å². The molecule has 1 N–H and O–H groups in total. The van der Waals surface area contributed by atoms with E-state index in [1.807, 2.05) is 25.8 Å². The molecule has 1 saturated heterocycles. The molecule has 0 amide bonds. The molecule has 0 spiro atoms. The molecule has 1 aromatic rings. The maximum absolute atomic E-state index is 11.3. The molecular formula is C14H19NO3. The molecule has 0 aromatic heterocycles. The molecule has 18 heavy (non-hydrogen) atoms. The summed E-state index contributed by atoms with van der Waals surface area (Å²) in [5.41, 5.74) is 2.67. The predicted octanol–water partition coefficient (Wildman–Crippen LogP) is 1.84. The van der Waals surface area contributed by atoms with Gasteiger partial charge >= 0.3 is 5.97 Å². The third-order valence-corrected chi connectivity index (χ3v) is 3.53. The second-order valence-electron chi connectivity index (χ2n) is 5.22. The highest BCUT2D eigenvalue weighted by Crippen LogP contribution is 2.31. The summed E-state index contributed by atoms with van der Waals surface area (Å²) in [6, 6.07) is 6.21. The third kappa shape index (κ3) is 2.20. The summed E-state index contributed by atoms with van der Waals surface area (Å²) in [7, 11) is 1.94. The van der Waals surface area contributed by atoms with Gasteiger partial charge in [0.05, 0.1) is 13.2 Å². The molecule has 2 rings (SSSR count). The van der Waals surface area contributed by atoms with Crippen LogP contribution in [-0.2, 0) is 9.53 Å². The van der Waals surface area contributed by atoms with Crippen molar-refractivity contribution in [3.8, 4) is 0 Å². The predicted molar refractivity (Wildman–Crippen MR) is 70.1 cm³/mol. The largest absolute Gasteiger partial charge is 0.481 e. The highest BCUT2D eigenvalue weighted by Gasteiger charge is 2.47. The van der Waals surface area contributed by atoms with Gasteiger partial charge in [-0.25, -0.2) is 0 Å². The van der Waals surface area contributed by atoms with Crippen LogP contribution in [0.4, 0.5) is 5.69 Å². The molecule has 4 heteroatoms. The number of rotatable bonds is 4. The first-order valence-electron chi connectivity index (χ1n) is 6.04. The van der Waals surface area contributed by atoms with Crippen LogP contribution in [0.15, 0.2) is 18.2 Å². The van der Waals surface area contributed by atoms with E-state index in [0.29, 0.717) is 19.8 Å². The minimum absolute atomic E-state index is 0.303. The molecule has 0 bridgehead atoms. The number of anilines is 1. The maximum atomic E-state index is 11.3. The van der Waals surface area contributed by atoms with Gasteiger partial charge in [0, 0.05) is 19.3 Å². The standard InChI is InChI=1S/C14H19NO3/c1-10-4-5-11(2)12(6-10)15(3)7-14(13(16)17)8-18-9-14/h4-6H,7-9H2,1-3H3,(H,16,17). The number of carboxylic acid groups (broad SMARTS) is 1. The lowest BCUT2D eigenvalue weighted by atomic mass is 9.85. The molecule has 1 aliphatic rings. The molecule has 4 nitrogen and oxygen atoms in total. The van der Waals surface area contributed by atoms with Crippen molar-refractivity contribution in [3.63, 3.8) is 0 Å². The smallest absolute Gasteiger partial charge is 0.316 e. The van der Waals surface area contributed by atoms with Crippen LogP contribution in [0.1, 0.15) is 11.1 Å². The van der Waals surface area contributed by atoms with Crippen molar-refractivity contribution in [2.75, 3.05) is 31.7 Å². The summed E-state index contributed by atoms with van der Waals surface area (Å²) in [5, 5.41) is 9.30. The summed E-state index contributed by atoms with van der Waals surface area (Å²) < 4.78 is 5.08. The topological polar surface area (TPSA) is 49.8 Å². The second kappa shape index (κ2) is 4.61. The molecule has 1 fully saturated rings. The number of ether oxygens (including phenoxy) is 1. The third-order valence-electron chi connectivity index (χ3n) is 3.53. The zero-order valence-electron chi connectivity index (χ0n) is 11.1. The van der Waals surface area contributed by atoms with Crippen molar-refractivity contribution in [1.29, 1.82) is 0 Å². The number of benzene rings is 1. The summed E-state index contributed by atoms with van der Waals surface area (Å²) in [6.07, 6.45) is 0. The van der Waals surface area contributed by atoms with E-state index in [1.165, 1.54) is 5.56 Å². The normalized spacial score (nSPS) is 17.1. The number of hydrogen-bond donors (Lipinski definition) is 1. The summed E-state index contributed by atoms with van der Waals surface area (Å²) in [4.78, 5) is 13.3. The van der Waals surface area contributed by atoms with E-state index in [4.69, 9.17) is 4.74 Å². The van der Waals surface area contributed by atoms with E-state index in [9.17, 15) is 9.90 Å². The molecule has 1 aromatic carbocycles. The highest BCUT2D eigenvalue weighted by molar-refractivity contribution is 5.77. The van der Waals surface area contributed by atoms with E-state index < -0.39 is 11.4 Å². The number of carboxylic acids is 1. The van der Waals surface area contributed by atoms with Crippen LogP contribution in [0.25, 0.3) is 0 Å². The number of hydrogen-bond acceptors (Lipinski definition) is 3. The van der Waals surface area contributed by atoms with Gasteiger partial charge in [-0.15, -0.1) is 0 Å². The number of aryl methyl sites for hydroxylation is 2. The fourth-order valence-electron chi connectivity index (χ4n) is 2.30. The highest BCUT2D eigenvalue weighted by atomic mass is 16.5. The lowest BCUT2D eigenvalue weighted by Crippen LogP contribution is -2.55. The van der Waals surface area contributed by atoms with Gasteiger partial charge in [-0.1, -0.05) is 12.1 Å². The first kappa shape index (κ1) is 12.9. The van der Waals surface area contributed by atoms with Crippen molar-refractivity contribution in [2.45, 2.75) is 13.8 Å². The summed E-state index contributed by atoms with van der Waals surface area (Å²) >= 11 is 0. The Balaban J connectivity index is 2.19. The Hall–Kier alpha value is -1.55. The molecule has 98 valence electrons. The SMILES string of the molecule is Cc1ccc(C)c(N(C)CC2(C(=O)O)COC2)c1. The van der Waals surface area contributed by atoms with Crippen LogP contribution in [0.5, 0.6) is 0 Å². The lowest BCUT2D eigenvalue weighted by Gasteiger charge is -2.40. The van der Waals surface area contributed by atoms with Gasteiger partial charge in [0.1, 0.15) is 5.41 Å². The summed E-state index contributed by atoms with van der Waals surface area (Å²) in [6.45, 7) is 5.16. The Morgan fingerprint density at radius 3 is 2.61 bits per heavy atom. The molecular weight excluding hydrogens is 230 g/mol. The molecule has 0 unspecified atom stereocenters. The first-order chi connectivity index (χ1) is 8.44. The molecule has 0 saturated carbocycles. The Kier molecular flexibility index (Phi) is 3.30. The van der Waals surface area contributed by atoms with Crippen LogP contribution in [0.3, 0.4) is 0 Å². The monoisotopic (exact) mass is 249 g/mol. The van der Waals surface area contributed by atoms with Gasteiger partial charge in [0.15, 0.2) is 0 Å². The Morgan fingerprint density at radius 2 is 2.11 bits per heavy atom. The van der Waals surface area contributed by atoms with E-state index in [0.717, 1.165) is 11.3 Å². The van der Waals surface area contributed by atoms with E-state index in [1.54, 1.807) is 0 Å². The first-order valence-corrected chi connectivity index (χ1v) is 6.04. The van der Waals surface area contributed by atoms with Crippen molar-refractivity contribution >= 4 is 11.7 Å². The van der Waals surface area contributed by atoms with Crippen LogP contribution in [0.2, 0.25) is 0 Å². The van der Waals surface area contributed by atoms with Crippen LogP contribution in [-0.4, -0.2) is 37.9 Å². The molecule has 0 radical (unpaired) electrons. The van der Waals surface area contributed by atoms with Crippen LogP contribution >= 0.6 is 0 Å². The average Bonchev–Trinajstić information content (AvgIpc) is 2.26. The molecule has 0 atom stereocenters. The van der Waals surface area contributed by atoms with Crippen LogP contribution < -0.4 is 4.90 Å². The molecule has 0 aliphatic carbocycles. The fourth-order valence-corrected chi connectivity index (χ4v) is 2.30. The quantitative estimate of drug-likeness (QED) is 0.884. The van der Waals surface area contributed by atoms with Crippen LogP contribution in [0, 0.1) is 19.3 Å². The van der Waals surface area contributed by atoms with Gasteiger partial charge in [-0.3, -0.25) is 4.79 Å². The van der Waals surface area contributed by atoms with Crippen molar-refractivity contribution in [2.24, 2.45) is 5.41 Å². The van der Waals surface area contributed by atoms with E-state index in [2.05, 4.69) is 18.2 Å². The summed E-state index contributed by atoms with van der Waals surface area (Å²) in [5.74, 6) is -0.772. The van der Waals surface area contributed by atoms with Gasteiger partial charge in [0.25, 0.3) is 0 Å². The minimum Gasteiger partial charge on any atom is -0.481 e. The van der Waals surface area contributed by atoms with Gasteiger partial charge in [0.2, 0.25) is 0 Å². The Labute approximate surface area is 107 Å². The number of nitrogens with zero attached hydrogens (tertiary/aromatic N) is 1. The fraction of sp³-hybridized carbons (Fsp3) is 0.500. The Morgan fingerprint density at radius 1 is 1.44 bits per heavy atom. The number of aliphatic carboxylic acids is 1. The van der Waals surface area contributed by atoms with E-state index in [-0.39, 0.29) is 0 Å². The minimum atomic E-state index is -0.772. The lowest BCUT2D eigenvalue weighted by molar-refractivity contribution is -0.177. The van der Waals surface area contributed by atoms with Gasteiger partial charge < -0.3 is 14.7 Å². The van der Waals surface area contributed by atoms with E-state index >= 15 is 0 Å². The van der Waals surface area contributed by atoms with Crippen molar-refractivity contribution < 1.29 is 14.6 Å². The van der Waals surface area contributed by atoms with Crippen molar-refractivity contribution in [3.05, 3.63) is 29.3 Å². The maximum Gasteiger partial charge on any atom is 0.316 e. The Bertz CT molecular complexity index is 466. The molecule has 1 heterocycles. The number of carbonyl (C=O) groups is 1. The second-order valence-corrected chi connectivity index (χ2v) is 5.22. The zero-order chi connectivity index (χ0) is 13.3. The van der Waals surface area contributed by atoms with Gasteiger partial charge in [-0.2, -0.15) is 0 Å². The van der Waals surface area contributed by atoms with Crippen molar-refractivity contribution in [1.82, 2.24) is 0 Å².